The SMILES string of the molecule is CCSc1nnc(NC(=O)c2ccc(NC(=O)c3ccccc3)cc2)s1. The van der Waals surface area contributed by atoms with E-state index in [2.05, 4.69) is 20.8 Å². The summed E-state index contributed by atoms with van der Waals surface area (Å²) < 4.78 is 0.821. The molecule has 0 aliphatic heterocycles. The van der Waals surface area contributed by atoms with Gasteiger partial charge in [-0.05, 0) is 42.2 Å². The van der Waals surface area contributed by atoms with Gasteiger partial charge in [-0.1, -0.05) is 48.2 Å². The Hall–Kier alpha value is -2.71. The molecule has 0 radical (unpaired) electrons. The van der Waals surface area contributed by atoms with Crippen molar-refractivity contribution in [1.29, 1.82) is 0 Å². The predicted octanol–water partition coefficient (Wildman–Crippen LogP) is 4.15. The zero-order valence-corrected chi connectivity index (χ0v) is 15.6. The van der Waals surface area contributed by atoms with Crippen LogP contribution < -0.4 is 10.6 Å². The zero-order chi connectivity index (χ0) is 18.4. The first-order valence-electron chi connectivity index (χ1n) is 7.90. The first-order valence-corrected chi connectivity index (χ1v) is 9.70. The second kappa shape index (κ2) is 8.59. The maximum atomic E-state index is 12.3. The van der Waals surface area contributed by atoms with Crippen molar-refractivity contribution in [3.63, 3.8) is 0 Å². The van der Waals surface area contributed by atoms with E-state index in [1.54, 1.807) is 60.3 Å². The Morgan fingerprint density at radius 2 is 1.58 bits per heavy atom. The Labute approximate surface area is 159 Å². The lowest BCUT2D eigenvalue weighted by atomic mass is 10.1. The van der Waals surface area contributed by atoms with Crippen LogP contribution in [0.3, 0.4) is 0 Å². The van der Waals surface area contributed by atoms with E-state index in [0.29, 0.717) is 21.9 Å². The highest BCUT2D eigenvalue weighted by molar-refractivity contribution is 8.01. The van der Waals surface area contributed by atoms with Gasteiger partial charge >= 0.3 is 0 Å². The molecule has 2 amide bonds. The highest BCUT2D eigenvalue weighted by Crippen LogP contribution is 2.25. The van der Waals surface area contributed by atoms with Gasteiger partial charge in [0.05, 0.1) is 0 Å². The number of carbonyl (C=O) groups excluding carboxylic acids is 2. The maximum absolute atomic E-state index is 12.3. The van der Waals surface area contributed by atoms with Gasteiger partial charge < -0.3 is 5.32 Å². The van der Waals surface area contributed by atoms with Crippen molar-refractivity contribution in [2.24, 2.45) is 0 Å². The van der Waals surface area contributed by atoms with Crippen LogP contribution in [0.15, 0.2) is 58.9 Å². The number of hydrogen-bond donors (Lipinski definition) is 2. The maximum Gasteiger partial charge on any atom is 0.257 e. The van der Waals surface area contributed by atoms with Crippen molar-refractivity contribution < 1.29 is 9.59 Å². The van der Waals surface area contributed by atoms with Crippen LogP contribution in [0, 0.1) is 0 Å². The fourth-order valence-corrected chi connectivity index (χ4v) is 3.75. The van der Waals surface area contributed by atoms with Crippen LogP contribution in [0.4, 0.5) is 10.8 Å². The van der Waals surface area contributed by atoms with Crippen LogP contribution in [0.1, 0.15) is 27.6 Å². The molecule has 0 aliphatic carbocycles. The quantitative estimate of drug-likeness (QED) is 0.493. The summed E-state index contributed by atoms with van der Waals surface area (Å²) in [6.45, 7) is 2.03. The molecule has 1 heterocycles. The Kier molecular flexibility index (Phi) is 5.98. The molecule has 6 nitrogen and oxygen atoms in total. The van der Waals surface area contributed by atoms with Gasteiger partial charge in [0.25, 0.3) is 11.8 Å². The van der Waals surface area contributed by atoms with E-state index in [4.69, 9.17) is 0 Å². The minimum Gasteiger partial charge on any atom is -0.322 e. The van der Waals surface area contributed by atoms with Gasteiger partial charge in [-0.25, -0.2) is 0 Å². The minimum atomic E-state index is -0.268. The zero-order valence-electron chi connectivity index (χ0n) is 13.9. The van der Waals surface area contributed by atoms with E-state index < -0.39 is 0 Å². The number of hydrogen-bond acceptors (Lipinski definition) is 6. The second-order valence-electron chi connectivity index (χ2n) is 5.16. The number of nitrogens with zero attached hydrogens (tertiary/aromatic N) is 2. The number of amides is 2. The molecule has 2 N–H and O–H groups in total. The molecule has 0 saturated heterocycles. The molecular formula is C18H16N4O2S2. The molecule has 0 unspecified atom stereocenters. The molecule has 132 valence electrons. The third-order valence-electron chi connectivity index (χ3n) is 3.34. The molecule has 1 aromatic heterocycles. The lowest BCUT2D eigenvalue weighted by molar-refractivity contribution is 0.102. The van der Waals surface area contributed by atoms with Crippen LogP contribution >= 0.6 is 23.1 Å². The Bertz CT molecular complexity index is 895. The minimum absolute atomic E-state index is 0.197. The molecule has 8 heteroatoms. The molecule has 0 fully saturated rings. The first kappa shape index (κ1) is 18.1. The average molecular weight is 384 g/mol. The summed E-state index contributed by atoms with van der Waals surface area (Å²) in [5.41, 5.74) is 1.67. The van der Waals surface area contributed by atoms with Crippen LogP contribution in [0.25, 0.3) is 0 Å². The molecular weight excluding hydrogens is 368 g/mol. The predicted molar refractivity (Wildman–Crippen MR) is 105 cm³/mol. The van der Waals surface area contributed by atoms with Crippen molar-refractivity contribution in [1.82, 2.24) is 10.2 Å². The summed E-state index contributed by atoms with van der Waals surface area (Å²) in [5, 5.41) is 13.9. The Balaban J connectivity index is 1.61. The second-order valence-corrected chi connectivity index (χ2v) is 7.65. The van der Waals surface area contributed by atoms with Crippen molar-refractivity contribution in [2.75, 3.05) is 16.4 Å². The highest BCUT2D eigenvalue weighted by atomic mass is 32.2. The smallest absolute Gasteiger partial charge is 0.257 e. The van der Waals surface area contributed by atoms with E-state index in [1.165, 1.54) is 11.3 Å². The molecule has 0 atom stereocenters. The lowest BCUT2D eigenvalue weighted by Gasteiger charge is -2.06. The number of aromatic nitrogens is 2. The fourth-order valence-electron chi connectivity index (χ4n) is 2.11. The van der Waals surface area contributed by atoms with E-state index >= 15 is 0 Å². The summed E-state index contributed by atoms with van der Waals surface area (Å²) >= 11 is 2.92. The van der Waals surface area contributed by atoms with Crippen molar-refractivity contribution in [3.05, 3.63) is 65.7 Å². The molecule has 0 spiro atoms. The third kappa shape index (κ3) is 4.68. The van der Waals surface area contributed by atoms with Crippen LogP contribution in [0.2, 0.25) is 0 Å². The molecule has 0 saturated carbocycles. The summed E-state index contributed by atoms with van der Waals surface area (Å²) in [4.78, 5) is 24.4. The van der Waals surface area contributed by atoms with Crippen molar-refractivity contribution >= 4 is 45.7 Å². The Morgan fingerprint density at radius 3 is 2.27 bits per heavy atom. The summed E-state index contributed by atoms with van der Waals surface area (Å²) in [6, 6.07) is 15.6. The molecule has 3 aromatic rings. The first-order chi connectivity index (χ1) is 12.7. The summed E-state index contributed by atoms with van der Waals surface area (Å²) in [5.74, 6) is 0.436. The average Bonchev–Trinajstić information content (AvgIpc) is 3.10. The van der Waals surface area contributed by atoms with E-state index in [9.17, 15) is 9.59 Å². The fraction of sp³-hybridized carbons (Fsp3) is 0.111. The monoisotopic (exact) mass is 384 g/mol. The van der Waals surface area contributed by atoms with Gasteiger partial charge in [-0.3, -0.25) is 14.9 Å². The van der Waals surface area contributed by atoms with Crippen LogP contribution in [-0.2, 0) is 0 Å². The highest BCUT2D eigenvalue weighted by Gasteiger charge is 2.11. The van der Waals surface area contributed by atoms with Crippen molar-refractivity contribution in [2.45, 2.75) is 11.3 Å². The largest absolute Gasteiger partial charge is 0.322 e. The number of carbonyl (C=O) groups is 2. The Morgan fingerprint density at radius 1 is 0.923 bits per heavy atom. The van der Waals surface area contributed by atoms with Gasteiger partial charge in [0.15, 0.2) is 4.34 Å². The normalized spacial score (nSPS) is 10.3. The number of thioether (sulfide) groups is 1. The van der Waals surface area contributed by atoms with Gasteiger partial charge in [0.1, 0.15) is 0 Å². The van der Waals surface area contributed by atoms with E-state index in [1.807, 2.05) is 13.0 Å². The van der Waals surface area contributed by atoms with Gasteiger partial charge in [0, 0.05) is 16.8 Å². The molecule has 0 aliphatic rings. The topological polar surface area (TPSA) is 84.0 Å². The number of nitrogens with one attached hydrogen (secondary N) is 2. The van der Waals surface area contributed by atoms with E-state index in [-0.39, 0.29) is 11.8 Å². The van der Waals surface area contributed by atoms with Crippen molar-refractivity contribution in [3.8, 4) is 0 Å². The molecule has 26 heavy (non-hydrogen) atoms. The molecule has 3 rings (SSSR count). The van der Waals surface area contributed by atoms with Crippen LogP contribution in [-0.4, -0.2) is 27.8 Å². The number of rotatable bonds is 6. The number of benzene rings is 2. The molecule has 0 bridgehead atoms. The molecule has 2 aromatic carbocycles. The lowest BCUT2D eigenvalue weighted by Crippen LogP contribution is -2.13. The number of anilines is 2. The third-order valence-corrected chi connectivity index (χ3v) is 5.19. The standard InChI is InChI=1S/C18H16N4O2S2/c1-2-25-18-22-21-17(26-18)20-16(24)13-8-10-14(11-9-13)19-15(23)12-6-4-3-5-7-12/h3-11H,2H2,1H3,(H,19,23)(H,20,21,24). The summed E-state index contributed by atoms with van der Waals surface area (Å²) in [6.07, 6.45) is 0. The summed E-state index contributed by atoms with van der Waals surface area (Å²) in [7, 11) is 0. The van der Waals surface area contributed by atoms with Crippen LogP contribution in [0.5, 0.6) is 0 Å². The van der Waals surface area contributed by atoms with Gasteiger partial charge in [-0.15, -0.1) is 10.2 Å². The van der Waals surface area contributed by atoms with E-state index in [0.717, 1.165) is 10.1 Å². The van der Waals surface area contributed by atoms with Gasteiger partial charge in [-0.2, -0.15) is 0 Å². The van der Waals surface area contributed by atoms with Gasteiger partial charge in [0.2, 0.25) is 5.13 Å².